The summed E-state index contributed by atoms with van der Waals surface area (Å²) in [6.07, 6.45) is 0. The zero-order valence-electron chi connectivity index (χ0n) is 35.4. The number of halogens is 1. The van der Waals surface area contributed by atoms with Gasteiger partial charge in [0.25, 0.3) is 0 Å². The highest BCUT2D eigenvalue weighted by Crippen LogP contribution is 2.43. The van der Waals surface area contributed by atoms with Crippen molar-refractivity contribution < 1.29 is 9.68 Å². The van der Waals surface area contributed by atoms with Gasteiger partial charge in [-0.15, -0.1) is 22.7 Å². The highest BCUT2D eigenvalue weighted by molar-refractivity contribution is 9.10. The molecule has 0 saturated carbocycles. The Hall–Kier alpha value is -7.06. The standard InChI is InChI=1S/C30H18S.C18H11Br.C12H8BO2S.CH4/c1-2-10-23-21(8-1)22-9-3-4-11-24(22)28-18-19(16-17-25(23)28)20-13-7-14-27-26-12-5-6-15-29(26)31-30(20)27;19-12-9-10-17-15-7-2-1-5-13(15)14-6-3-4-8-16(14)18(17)11-12;14-13-15-10-6-3-5-9-8-4-1-2-7-11(8)16-12(9)10;/h1-18H;1-11H;1-7,14H;1H4. The number of thiophene rings is 2. The topological polar surface area (TPSA) is 29.5 Å². The molecule has 12 aromatic carbocycles. The van der Waals surface area contributed by atoms with Crippen LogP contribution in [0.2, 0.25) is 0 Å². The average molecular weight is 961 g/mol. The molecule has 6 heteroatoms. The van der Waals surface area contributed by atoms with E-state index in [1.807, 2.05) is 35.6 Å². The van der Waals surface area contributed by atoms with E-state index in [1.54, 1.807) is 11.3 Å². The number of benzene rings is 12. The molecule has 2 aromatic heterocycles. The summed E-state index contributed by atoms with van der Waals surface area (Å²) in [5, 5.41) is 29.7. The molecule has 319 valence electrons. The van der Waals surface area contributed by atoms with Gasteiger partial charge >= 0.3 is 7.69 Å². The van der Waals surface area contributed by atoms with Crippen molar-refractivity contribution in [3.8, 4) is 16.9 Å². The first kappa shape index (κ1) is 42.6. The van der Waals surface area contributed by atoms with E-state index in [0.717, 1.165) is 16.9 Å². The Bertz CT molecular complexity index is 4100. The van der Waals surface area contributed by atoms with E-state index in [2.05, 4.69) is 210 Å². The van der Waals surface area contributed by atoms with Gasteiger partial charge in [0.1, 0.15) is 5.75 Å². The summed E-state index contributed by atoms with van der Waals surface area (Å²) in [6.45, 7) is 0. The second-order valence-electron chi connectivity index (χ2n) is 16.4. The fourth-order valence-corrected chi connectivity index (χ4v) is 12.6. The Balaban J connectivity index is 0.000000118. The number of rotatable bonds is 3. The van der Waals surface area contributed by atoms with Gasteiger partial charge in [-0.1, -0.05) is 205 Å². The molecule has 1 N–H and O–H groups in total. The van der Waals surface area contributed by atoms with Crippen molar-refractivity contribution in [2.75, 3.05) is 0 Å². The van der Waals surface area contributed by atoms with E-state index in [0.29, 0.717) is 5.75 Å². The summed E-state index contributed by atoms with van der Waals surface area (Å²) in [5.74, 6) is 0.696. The summed E-state index contributed by atoms with van der Waals surface area (Å²) < 4.78 is 11.2. The first-order valence-corrected chi connectivity index (χ1v) is 24.3. The molecule has 0 unspecified atom stereocenters. The summed E-state index contributed by atoms with van der Waals surface area (Å²) in [7, 11) is 0.721. The normalized spacial score (nSPS) is 11.3. The van der Waals surface area contributed by atoms with Gasteiger partial charge in [0, 0.05) is 40.1 Å². The third-order valence-corrected chi connectivity index (χ3v) is 15.6. The summed E-state index contributed by atoms with van der Waals surface area (Å²) >= 11 is 7.15. The van der Waals surface area contributed by atoms with Crippen LogP contribution in [0.3, 0.4) is 0 Å². The molecule has 2 nitrogen and oxygen atoms in total. The maximum atomic E-state index is 8.71. The second kappa shape index (κ2) is 18.0. The van der Waals surface area contributed by atoms with Crippen molar-refractivity contribution in [1.82, 2.24) is 0 Å². The third-order valence-electron chi connectivity index (χ3n) is 12.7. The van der Waals surface area contributed by atoms with Gasteiger partial charge in [-0.05, 0) is 112 Å². The zero-order chi connectivity index (χ0) is 44.1. The van der Waals surface area contributed by atoms with Crippen LogP contribution in [-0.2, 0) is 0 Å². The van der Waals surface area contributed by atoms with E-state index < -0.39 is 0 Å². The molecule has 0 amide bonds. The van der Waals surface area contributed by atoms with Crippen molar-refractivity contribution >= 4 is 151 Å². The van der Waals surface area contributed by atoms with Gasteiger partial charge in [-0.2, -0.15) is 0 Å². The lowest BCUT2D eigenvalue weighted by atomic mass is 9.92. The number of hydrogen-bond donors (Lipinski definition) is 1. The van der Waals surface area contributed by atoms with Gasteiger partial charge in [0.2, 0.25) is 0 Å². The first-order chi connectivity index (χ1) is 32.6. The molecule has 1 radical (unpaired) electrons. The van der Waals surface area contributed by atoms with E-state index >= 15 is 0 Å². The molecule has 14 aromatic rings. The molecule has 0 aliphatic rings. The Morgan fingerprint density at radius 3 is 1.22 bits per heavy atom. The van der Waals surface area contributed by atoms with Crippen LogP contribution >= 0.6 is 38.6 Å². The van der Waals surface area contributed by atoms with E-state index in [1.165, 1.54) is 111 Å². The molecular weight excluding hydrogens is 920 g/mol. The van der Waals surface area contributed by atoms with Crippen molar-refractivity contribution in [3.05, 3.63) is 223 Å². The highest BCUT2D eigenvalue weighted by atomic mass is 79.9. The van der Waals surface area contributed by atoms with Crippen molar-refractivity contribution in [1.29, 1.82) is 0 Å². The minimum atomic E-state index is 0. The van der Waals surface area contributed by atoms with E-state index in [4.69, 9.17) is 9.68 Å². The quantitative estimate of drug-likeness (QED) is 0.141. The van der Waals surface area contributed by atoms with Gasteiger partial charge in [-0.3, -0.25) is 0 Å². The van der Waals surface area contributed by atoms with Crippen molar-refractivity contribution in [2.24, 2.45) is 0 Å². The molecule has 0 spiro atoms. The van der Waals surface area contributed by atoms with Gasteiger partial charge in [0.15, 0.2) is 0 Å². The Kier molecular flexibility index (Phi) is 11.4. The van der Waals surface area contributed by atoms with Crippen LogP contribution in [-0.4, -0.2) is 12.7 Å². The molecule has 2 heterocycles. The lowest BCUT2D eigenvalue weighted by molar-refractivity contribution is 0.457. The van der Waals surface area contributed by atoms with Crippen LogP contribution < -0.4 is 4.65 Å². The summed E-state index contributed by atoms with van der Waals surface area (Å²) in [4.78, 5) is 0. The van der Waals surface area contributed by atoms with Crippen LogP contribution in [0.5, 0.6) is 5.75 Å². The van der Waals surface area contributed by atoms with Crippen LogP contribution in [0.1, 0.15) is 7.43 Å². The minimum Gasteiger partial charge on any atom is -0.536 e. The van der Waals surface area contributed by atoms with Gasteiger partial charge < -0.3 is 9.68 Å². The Labute approximate surface area is 405 Å². The second-order valence-corrected chi connectivity index (χ2v) is 19.4. The summed E-state index contributed by atoms with van der Waals surface area (Å²) in [5.41, 5.74) is 2.60. The largest absolute Gasteiger partial charge is 0.569 e. The van der Waals surface area contributed by atoms with Crippen LogP contribution in [0.25, 0.3) is 116 Å². The molecule has 0 bridgehead atoms. The molecule has 0 atom stereocenters. The fourth-order valence-electron chi connectivity index (χ4n) is 9.80. The molecule has 0 aliphatic carbocycles. The number of hydrogen-bond acceptors (Lipinski definition) is 4. The lowest BCUT2D eigenvalue weighted by Crippen LogP contribution is -1.99. The predicted molar refractivity (Wildman–Crippen MR) is 299 cm³/mol. The van der Waals surface area contributed by atoms with Crippen molar-refractivity contribution in [2.45, 2.75) is 7.43 Å². The van der Waals surface area contributed by atoms with Crippen LogP contribution in [0, 0.1) is 0 Å². The van der Waals surface area contributed by atoms with E-state index in [9.17, 15) is 0 Å². The summed E-state index contributed by atoms with van der Waals surface area (Å²) in [6, 6.07) is 77.9. The fraction of sp³-hybridized carbons (Fsp3) is 0.0164. The first-order valence-electron chi connectivity index (χ1n) is 21.9. The number of fused-ring (bicyclic) bond motifs is 18. The van der Waals surface area contributed by atoms with Crippen molar-refractivity contribution in [3.63, 3.8) is 0 Å². The molecule has 0 fully saturated rings. The lowest BCUT2D eigenvalue weighted by Gasteiger charge is -2.12. The Morgan fingerprint density at radius 1 is 0.343 bits per heavy atom. The van der Waals surface area contributed by atoms with Crippen LogP contribution in [0.4, 0.5) is 0 Å². The van der Waals surface area contributed by atoms with Gasteiger partial charge in [-0.25, -0.2) is 0 Å². The molecule has 14 rings (SSSR count). The van der Waals surface area contributed by atoms with Crippen LogP contribution in [0.15, 0.2) is 223 Å². The maximum absolute atomic E-state index is 8.71. The molecule has 67 heavy (non-hydrogen) atoms. The predicted octanol–water partition coefficient (Wildman–Crippen LogP) is 18.7. The van der Waals surface area contributed by atoms with E-state index in [-0.39, 0.29) is 7.43 Å². The highest BCUT2D eigenvalue weighted by Gasteiger charge is 2.14. The minimum absolute atomic E-state index is 0. The molecule has 0 aliphatic heterocycles. The monoisotopic (exact) mass is 959 g/mol. The third kappa shape index (κ3) is 7.47. The molecule has 0 saturated heterocycles. The SMILES string of the molecule is Brc1ccc2c3ccccc3c3ccccc3c2c1.C.O[B]Oc1cccc2c1sc1ccccc12.c1ccc2c(c1)sc1c(-c3ccc4c5ccccc5c5ccccc5c4c3)cccc12. The maximum Gasteiger partial charge on any atom is 0.569 e. The Morgan fingerprint density at radius 2 is 0.716 bits per heavy atom. The smallest absolute Gasteiger partial charge is 0.536 e. The average Bonchev–Trinajstić information content (AvgIpc) is 3.96. The van der Waals surface area contributed by atoms with Gasteiger partial charge in [0.05, 0.1) is 4.70 Å². The molecular formula is C61H41BBrO2S2. The zero-order valence-corrected chi connectivity index (χ0v) is 38.6.